The zero-order valence-corrected chi connectivity index (χ0v) is 14.4. The molecule has 21 heavy (non-hydrogen) atoms. The number of nitrogens with zero attached hydrogens (tertiary/aromatic N) is 2. The van der Waals surface area contributed by atoms with Gasteiger partial charge in [-0.2, -0.15) is 0 Å². The number of hydrogen-bond acceptors (Lipinski definition) is 4. The zero-order chi connectivity index (χ0) is 15.4. The maximum Gasteiger partial charge on any atom is 0.225 e. The SMILES string of the molecule is CCN(C(C)=O)c1nc(CNC2CC(C)CC(C)C2)cs1. The number of hydrogen-bond donors (Lipinski definition) is 1. The van der Waals surface area contributed by atoms with Crippen LogP contribution in [0.1, 0.15) is 52.7 Å². The number of nitrogens with one attached hydrogen (secondary N) is 1. The third-order valence-corrected chi connectivity index (χ3v) is 5.13. The van der Waals surface area contributed by atoms with Crippen LogP contribution in [0.4, 0.5) is 5.13 Å². The van der Waals surface area contributed by atoms with Crippen molar-refractivity contribution in [2.24, 2.45) is 11.8 Å². The van der Waals surface area contributed by atoms with Crippen molar-refractivity contribution in [2.45, 2.75) is 59.5 Å². The molecule has 0 aromatic carbocycles. The highest BCUT2D eigenvalue weighted by Crippen LogP contribution is 2.29. The Balaban J connectivity index is 1.89. The molecular formula is C16H27N3OS. The van der Waals surface area contributed by atoms with E-state index in [9.17, 15) is 4.79 Å². The lowest BCUT2D eigenvalue weighted by Gasteiger charge is -2.32. The molecule has 5 heteroatoms. The smallest absolute Gasteiger partial charge is 0.225 e. The third kappa shape index (κ3) is 4.51. The van der Waals surface area contributed by atoms with Gasteiger partial charge in [0, 0.05) is 31.4 Å². The first kappa shape index (κ1) is 16.4. The van der Waals surface area contributed by atoms with Gasteiger partial charge in [0.05, 0.1) is 5.69 Å². The monoisotopic (exact) mass is 309 g/mol. The van der Waals surface area contributed by atoms with Crippen molar-refractivity contribution in [3.05, 3.63) is 11.1 Å². The van der Waals surface area contributed by atoms with E-state index in [-0.39, 0.29) is 5.91 Å². The molecule has 1 aliphatic rings. The Morgan fingerprint density at radius 2 is 2.05 bits per heavy atom. The molecule has 1 aromatic rings. The molecule has 1 aromatic heterocycles. The molecule has 118 valence electrons. The van der Waals surface area contributed by atoms with Crippen molar-refractivity contribution >= 4 is 22.4 Å². The summed E-state index contributed by atoms with van der Waals surface area (Å²) in [6.07, 6.45) is 3.87. The largest absolute Gasteiger partial charge is 0.308 e. The summed E-state index contributed by atoms with van der Waals surface area (Å²) in [6, 6.07) is 0.601. The first-order valence-electron chi connectivity index (χ1n) is 7.95. The van der Waals surface area contributed by atoms with E-state index in [0.29, 0.717) is 12.6 Å². The molecule has 1 amide bonds. The van der Waals surface area contributed by atoms with Crippen LogP contribution in [0.15, 0.2) is 5.38 Å². The van der Waals surface area contributed by atoms with Crippen LogP contribution in [0.25, 0.3) is 0 Å². The second-order valence-electron chi connectivity index (χ2n) is 6.38. The van der Waals surface area contributed by atoms with E-state index in [1.165, 1.54) is 19.3 Å². The minimum Gasteiger partial charge on any atom is -0.308 e. The first-order chi connectivity index (χ1) is 9.99. The van der Waals surface area contributed by atoms with Gasteiger partial charge >= 0.3 is 0 Å². The van der Waals surface area contributed by atoms with Gasteiger partial charge in [-0.25, -0.2) is 4.98 Å². The normalized spacial score (nSPS) is 25.8. The number of aromatic nitrogens is 1. The molecule has 0 bridgehead atoms. The molecule has 0 radical (unpaired) electrons. The van der Waals surface area contributed by atoms with Crippen LogP contribution < -0.4 is 10.2 Å². The quantitative estimate of drug-likeness (QED) is 0.906. The van der Waals surface area contributed by atoms with E-state index in [1.54, 1.807) is 23.2 Å². The molecule has 0 saturated heterocycles. The summed E-state index contributed by atoms with van der Waals surface area (Å²) in [5.74, 6) is 1.68. The number of carbonyl (C=O) groups excluding carboxylic acids is 1. The summed E-state index contributed by atoms with van der Waals surface area (Å²) < 4.78 is 0. The van der Waals surface area contributed by atoms with E-state index >= 15 is 0 Å². The van der Waals surface area contributed by atoms with Crippen LogP contribution in [0, 0.1) is 11.8 Å². The topological polar surface area (TPSA) is 45.2 Å². The van der Waals surface area contributed by atoms with Gasteiger partial charge in [0.15, 0.2) is 5.13 Å². The fraction of sp³-hybridized carbons (Fsp3) is 0.750. The Hall–Kier alpha value is -0.940. The van der Waals surface area contributed by atoms with E-state index in [1.807, 2.05) is 6.92 Å². The Labute approximate surface area is 132 Å². The van der Waals surface area contributed by atoms with Crippen LogP contribution >= 0.6 is 11.3 Å². The summed E-state index contributed by atoms with van der Waals surface area (Å²) in [6.45, 7) is 9.73. The number of anilines is 1. The maximum absolute atomic E-state index is 11.5. The van der Waals surface area contributed by atoms with Crippen molar-refractivity contribution in [2.75, 3.05) is 11.4 Å². The third-order valence-electron chi connectivity index (χ3n) is 4.22. The van der Waals surface area contributed by atoms with Crippen LogP contribution in [-0.2, 0) is 11.3 Å². The van der Waals surface area contributed by atoms with Gasteiger partial charge in [-0.05, 0) is 38.0 Å². The highest BCUT2D eigenvalue weighted by molar-refractivity contribution is 7.14. The van der Waals surface area contributed by atoms with Gasteiger partial charge in [0.25, 0.3) is 0 Å². The van der Waals surface area contributed by atoms with Crippen molar-refractivity contribution in [1.29, 1.82) is 0 Å². The fourth-order valence-electron chi connectivity index (χ4n) is 3.36. The highest BCUT2D eigenvalue weighted by Gasteiger charge is 2.23. The summed E-state index contributed by atoms with van der Waals surface area (Å²) in [5.41, 5.74) is 1.04. The number of amides is 1. The summed E-state index contributed by atoms with van der Waals surface area (Å²) in [5, 5.41) is 6.51. The summed E-state index contributed by atoms with van der Waals surface area (Å²) in [7, 11) is 0. The molecular weight excluding hydrogens is 282 g/mol. The van der Waals surface area contributed by atoms with Gasteiger partial charge in [-0.3, -0.25) is 9.69 Å². The average molecular weight is 309 g/mol. The van der Waals surface area contributed by atoms with Gasteiger partial charge in [0.1, 0.15) is 0 Å². The first-order valence-corrected chi connectivity index (χ1v) is 8.83. The van der Waals surface area contributed by atoms with Crippen LogP contribution in [0.5, 0.6) is 0 Å². The van der Waals surface area contributed by atoms with Gasteiger partial charge in [-0.1, -0.05) is 13.8 Å². The lowest BCUT2D eigenvalue weighted by Crippen LogP contribution is -2.36. The standard InChI is InChI=1S/C16H27N3OS/c1-5-19(13(4)20)16-18-15(10-21-16)9-17-14-7-11(2)6-12(3)8-14/h10-12,14,17H,5-9H2,1-4H3. The minimum atomic E-state index is 0.0567. The molecule has 2 rings (SSSR count). The van der Waals surface area contributed by atoms with Crippen LogP contribution in [0.2, 0.25) is 0 Å². The van der Waals surface area contributed by atoms with E-state index < -0.39 is 0 Å². The minimum absolute atomic E-state index is 0.0567. The van der Waals surface area contributed by atoms with Crippen LogP contribution in [0.3, 0.4) is 0 Å². The van der Waals surface area contributed by atoms with Gasteiger partial charge in [0.2, 0.25) is 5.91 Å². The molecule has 2 unspecified atom stereocenters. The predicted molar refractivity (Wildman–Crippen MR) is 88.6 cm³/mol. The van der Waals surface area contributed by atoms with E-state index in [4.69, 9.17) is 0 Å². The average Bonchev–Trinajstić information content (AvgIpc) is 2.84. The van der Waals surface area contributed by atoms with Crippen molar-refractivity contribution in [1.82, 2.24) is 10.3 Å². The lowest BCUT2D eigenvalue weighted by atomic mass is 9.80. The Bertz CT molecular complexity index is 464. The summed E-state index contributed by atoms with van der Waals surface area (Å²) >= 11 is 1.55. The lowest BCUT2D eigenvalue weighted by molar-refractivity contribution is -0.116. The molecule has 4 nitrogen and oxygen atoms in total. The number of carbonyl (C=O) groups is 1. The van der Waals surface area contributed by atoms with Crippen LogP contribution in [-0.4, -0.2) is 23.5 Å². The molecule has 2 atom stereocenters. The second-order valence-corrected chi connectivity index (χ2v) is 7.22. The van der Waals surface area contributed by atoms with E-state index in [2.05, 4.69) is 29.5 Å². The molecule has 1 heterocycles. The molecule has 0 spiro atoms. The fourth-order valence-corrected chi connectivity index (χ4v) is 4.29. The summed E-state index contributed by atoms with van der Waals surface area (Å²) in [4.78, 5) is 17.8. The zero-order valence-electron chi connectivity index (χ0n) is 13.6. The highest BCUT2D eigenvalue weighted by atomic mass is 32.1. The Kier molecular flexibility index (Phi) is 5.76. The van der Waals surface area contributed by atoms with Gasteiger partial charge in [-0.15, -0.1) is 11.3 Å². The molecule has 1 saturated carbocycles. The number of rotatable bonds is 5. The number of thiazole rings is 1. The van der Waals surface area contributed by atoms with E-state index in [0.717, 1.165) is 29.2 Å². The molecule has 1 fully saturated rings. The molecule has 1 aliphatic carbocycles. The Morgan fingerprint density at radius 1 is 1.38 bits per heavy atom. The maximum atomic E-state index is 11.5. The Morgan fingerprint density at radius 3 is 2.62 bits per heavy atom. The predicted octanol–water partition coefficient (Wildman–Crippen LogP) is 3.43. The molecule has 0 aliphatic heterocycles. The van der Waals surface area contributed by atoms with Gasteiger partial charge < -0.3 is 5.32 Å². The second kappa shape index (κ2) is 7.36. The van der Waals surface area contributed by atoms with Crippen molar-refractivity contribution < 1.29 is 4.79 Å². The van der Waals surface area contributed by atoms with Crippen molar-refractivity contribution in [3.8, 4) is 0 Å². The van der Waals surface area contributed by atoms with Crippen molar-refractivity contribution in [3.63, 3.8) is 0 Å². The molecule has 1 N–H and O–H groups in total.